The molecule has 0 amide bonds. The van der Waals surface area contributed by atoms with E-state index in [1.54, 1.807) is 6.07 Å². The Hall–Kier alpha value is -1.72. The van der Waals surface area contributed by atoms with Crippen molar-refractivity contribution in [2.45, 2.75) is 12.8 Å². The molecule has 0 unspecified atom stereocenters. The number of halogens is 2. The minimum atomic E-state index is -0.417. The van der Waals surface area contributed by atoms with Crippen LogP contribution < -0.4 is 11.3 Å². The lowest BCUT2D eigenvalue weighted by molar-refractivity contribution is 0.611. The highest BCUT2D eigenvalue weighted by molar-refractivity contribution is 6.31. The second-order valence-electron chi connectivity index (χ2n) is 4.10. The standard InChI is InChI=1S/C13H13ClFN3O/c14-10-2-1-3-11(15)9(10)7-12-17-8(4-5-16)6-13(19)18-12/h1-3,6H,4-5,7,16H2,(H,17,18,19). The Morgan fingerprint density at radius 2 is 2.21 bits per heavy atom. The summed E-state index contributed by atoms with van der Waals surface area (Å²) in [7, 11) is 0. The molecule has 100 valence electrons. The average molecular weight is 282 g/mol. The maximum absolute atomic E-state index is 13.7. The second kappa shape index (κ2) is 5.95. The van der Waals surface area contributed by atoms with Gasteiger partial charge in [-0.05, 0) is 18.7 Å². The first kappa shape index (κ1) is 13.7. The molecule has 3 N–H and O–H groups in total. The number of H-pyrrole nitrogens is 1. The third kappa shape index (κ3) is 3.39. The molecule has 2 aromatic rings. The summed E-state index contributed by atoms with van der Waals surface area (Å²) in [5.41, 5.74) is 6.06. The monoisotopic (exact) mass is 281 g/mol. The van der Waals surface area contributed by atoms with Crippen molar-refractivity contribution in [3.63, 3.8) is 0 Å². The Bertz CT molecular complexity index is 622. The van der Waals surface area contributed by atoms with E-state index in [-0.39, 0.29) is 12.0 Å². The molecule has 6 heteroatoms. The number of nitrogens with zero attached hydrogens (tertiary/aromatic N) is 1. The predicted octanol–water partition coefficient (Wildman–Crippen LogP) is 1.65. The van der Waals surface area contributed by atoms with Gasteiger partial charge < -0.3 is 10.7 Å². The molecular weight excluding hydrogens is 269 g/mol. The number of hydrogen-bond acceptors (Lipinski definition) is 3. The smallest absolute Gasteiger partial charge is 0.251 e. The Kier molecular flexibility index (Phi) is 4.29. The molecule has 4 nitrogen and oxygen atoms in total. The van der Waals surface area contributed by atoms with E-state index in [4.69, 9.17) is 17.3 Å². The zero-order valence-corrected chi connectivity index (χ0v) is 10.9. The molecule has 0 saturated heterocycles. The molecule has 0 fully saturated rings. The predicted molar refractivity (Wildman–Crippen MR) is 71.8 cm³/mol. The highest BCUT2D eigenvalue weighted by atomic mass is 35.5. The van der Waals surface area contributed by atoms with Gasteiger partial charge in [0.2, 0.25) is 0 Å². The Morgan fingerprint density at radius 3 is 2.89 bits per heavy atom. The van der Waals surface area contributed by atoms with Crippen molar-refractivity contribution in [2.24, 2.45) is 5.73 Å². The van der Waals surface area contributed by atoms with E-state index in [9.17, 15) is 9.18 Å². The fourth-order valence-corrected chi connectivity index (χ4v) is 2.02. The van der Waals surface area contributed by atoms with Gasteiger partial charge in [0.1, 0.15) is 11.6 Å². The number of nitrogens with two attached hydrogens (primary N) is 1. The normalized spacial score (nSPS) is 10.7. The van der Waals surface area contributed by atoms with E-state index in [1.165, 1.54) is 18.2 Å². The first-order valence-corrected chi connectivity index (χ1v) is 6.20. The van der Waals surface area contributed by atoms with Crippen LogP contribution in [0, 0.1) is 5.82 Å². The quantitative estimate of drug-likeness (QED) is 0.895. The highest BCUT2D eigenvalue weighted by Gasteiger charge is 2.10. The molecule has 0 spiro atoms. The topological polar surface area (TPSA) is 71.8 Å². The van der Waals surface area contributed by atoms with Gasteiger partial charge >= 0.3 is 0 Å². The maximum Gasteiger partial charge on any atom is 0.251 e. The van der Waals surface area contributed by atoms with Crippen molar-refractivity contribution >= 4 is 11.6 Å². The number of nitrogens with one attached hydrogen (secondary N) is 1. The van der Waals surface area contributed by atoms with Crippen LogP contribution in [0.4, 0.5) is 4.39 Å². The Balaban J connectivity index is 2.35. The summed E-state index contributed by atoms with van der Waals surface area (Å²) in [6, 6.07) is 5.84. The number of hydrogen-bond donors (Lipinski definition) is 2. The molecule has 0 atom stereocenters. The highest BCUT2D eigenvalue weighted by Crippen LogP contribution is 2.20. The summed E-state index contributed by atoms with van der Waals surface area (Å²) in [6.45, 7) is 0.399. The number of aromatic nitrogens is 2. The fourth-order valence-electron chi connectivity index (χ4n) is 1.79. The first-order chi connectivity index (χ1) is 9.10. The molecule has 0 aliphatic carbocycles. The minimum Gasteiger partial charge on any atom is -0.330 e. The van der Waals surface area contributed by atoms with Crippen LogP contribution in [-0.2, 0) is 12.8 Å². The lowest BCUT2D eigenvalue weighted by atomic mass is 10.1. The van der Waals surface area contributed by atoms with Gasteiger partial charge in [0.25, 0.3) is 5.56 Å². The third-order valence-electron chi connectivity index (χ3n) is 2.65. The maximum atomic E-state index is 13.7. The largest absolute Gasteiger partial charge is 0.330 e. The van der Waals surface area contributed by atoms with E-state index in [0.29, 0.717) is 35.1 Å². The van der Waals surface area contributed by atoms with Gasteiger partial charge in [0.05, 0.1) is 0 Å². The SMILES string of the molecule is NCCc1cc(=O)[nH]c(Cc2c(F)cccc2Cl)n1. The Morgan fingerprint density at radius 1 is 1.42 bits per heavy atom. The lowest BCUT2D eigenvalue weighted by Gasteiger charge is -2.06. The van der Waals surface area contributed by atoms with E-state index in [1.807, 2.05) is 0 Å². The number of aromatic amines is 1. The van der Waals surface area contributed by atoms with Gasteiger partial charge in [-0.3, -0.25) is 4.79 Å². The molecule has 1 aromatic carbocycles. The second-order valence-corrected chi connectivity index (χ2v) is 4.51. The van der Waals surface area contributed by atoms with Crippen LogP contribution in [-0.4, -0.2) is 16.5 Å². The van der Waals surface area contributed by atoms with Gasteiger partial charge in [-0.1, -0.05) is 17.7 Å². The zero-order chi connectivity index (χ0) is 13.8. The van der Waals surface area contributed by atoms with Crippen molar-refractivity contribution in [3.8, 4) is 0 Å². The van der Waals surface area contributed by atoms with Gasteiger partial charge in [-0.15, -0.1) is 0 Å². The van der Waals surface area contributed by atoms with Crippen LogP contribution in [0.1, 0.15) is 17.1 Å². The minimum absolute atomic E-state index is 0.138. The summed E-state index contributed by atoms with van der Waals surface area (Å²) in [5, 5.41) is 0.312. The summed E-state index contributed by atoms with van der Waals surface area (Å²) >= 11 is 5.94. The fraction of sp³-hybridized carbons (Fsp3) is 0.231. The van der Waals surface area contributed by atoms with E-state index < -0.39 is 5.82 Å². The van der Waals surface area contributed by atoms with E-state index >= 15 is 0 Å². The molecule has 0 aliphatic heterocycles. The summed E-state index contributed by atoms with van der Waals surface area (Å²) in [5.74, 6) is -0.0395. The van der Waals surface area contributed by atoms with Gasteiger partial charge in [0, 0.05) is 35.2 Å². The van der Waals surface area contributed by atoms with Crippen molar-refractivity contribution in [1.82, 2.24) is 9.97 Å². The van der Waals surface area contributed by atoms with Gasteiger partial charge in [-0.25, -0.2) is 9.37 Å². The lowest BCUT2D eigenvalue weighted by Crippen LogP contribution is -2.15. The van der Waals surface area contributed by atoms with Crippen molar-refractivity contribution < 1.29 is 4.39 Å². The van der Waals surface area contributed by atoms with Crippen LogP contribution in [0.3, 0.4) is 0 Å². The molecule has 0 aliphatic rings. The molecule has 1 heterocycles. The van der Waals surface area contributed by atoms with Gasteiger partial charge in [-0.2, -0.15) is 0 Å². The molecule has 0 radical (unpaired) electrons. The van der Waals surface area contributed by atoms with Crippen LogP contribution in [0.5, 0.6) is 0 Å². The van der Waals surface area contributed by atoms with Crippen LogP contribution in [0.25, 0.3) is 0 Å². The van der Waals surface area contributed by atoms with Crippen molar-refractivity contribution in [1.29, 1.82) is 0 Å². The van der Waals surface area contributed by atoms with Crippen molar-refractivity contribution in [3.05, 3.63) is 62.5 Å². The zero-order valence-electron chi connectivity index (χ0n) is 10.1. The summed E-state index contributed by atoms with van der Waals surface area (Å²) in [4.78, 5) is 18.3. The van der Waals surface area contributed by atoms with E-state index in [0.717, 1.165) is 0 Å². The Labute approximate surface area is 114 Å². The first-order valence-electron chi connectivity index (χ1n) is 5.82. The average Bonchev–Trinajstić information content (AvgIpc) is 2.34. The molecular formula is C13H13ClFN3O. The van der Waals surface area contributed by atoms with Gasteiger partial charge in [0.15, 0.2) is 0 Å². The molecule has 19 heavy (non-hydrogen) atoms. The molecule has 1 aromatic heterocycles. The van der Waals surface area contributed by atoms with Crippen molar-refractivity contribution in [2.75, 3.05) is 6.54 Å². The molecule has 0 bridgehead atoms. The molecule has 2 rings (SSSR count). The molecule has 0 saturated carbocycles. The van der Waals surface area contributed by atoms with E-state index in [2.05, 4.69) is 9.97 Å². The van der Waals surface area contributed by atoms with Crippen LogP contribution in [0.15, 0.2) is 29.1 Å². The number of benzene rings is 1. The number of rotatable bonds is 4. The third-order valence-corrected chi connectivity index (χ3v) is 3.00. The summed E-state index contributed by atoms with van der Waals surface area (Å²) in [6.07, 6.45) is 0.640. The van der Waals surface area contributed by atoms with Crippen LogP contribution >= 0.6 is 11.6 Å². The van der Waals surface area contributed by atoms with Crippen LogP contribution in [0.2, 0.25) is 5.02 Å². The summed E-state index contributed by atoms with van der Waals surface area (Å²) < 4.78 is 13.7.